The summed E-state index contributed by atoms with van der Waals surface area (Å²) >= 11 is 12.6. The summed E-state index contributed by atoms with van der Waals surface area (Å²) in [7, 11) is -3.37. The van der Waals surface area contributed by atoms with E-state index in [4.69, 9.17) is 23.2 Å². The Morgan fingerprint density at radius 2 is 1.28 bits per heavy atom. The average Bonchev–Trinajstić information content (AvgIpc) is 2.72. The van der Waals surface area contributed by atoms with Crippen molar-refractivity contribution < 1.29 is 18.0 Å². The van der Waals surface area contributed by atoms with Gasteiger partial charge in [-0.1, -0.05) is 29.3 Å². The summed E-state index contributed by atoms with van der Waals surface area (Å²) in [5, 5.41) is 5.62. The molecule has 2 N–H and O–H groups in total. The lowest BCUT2D eigenvalue weighted by Crippen LogP contribution is -2.14. The van der Waals surface area contributed by atoms with Crippen LogP contribution in [0.1, 0.15) is 31.8 Å². The minimum atomic E-state index is -3.37. The summed E-state index contributed by atoms with van der Waals surface area (Å²) in [6.07, 6.45) is 1.09. The Balaban J connectivity index is 1.77. The van der Waals surface area contributed by atoms with Gasteiger partial charge in [-0.15, -0.1) is 0 Å². The van der Waals surface area contributed by atoms with Crippen molar-refractivity contribution in [1.29, 1.82) is 0 Å². The standard InChI is InChI=1S/C23H20Cl2N2O4S/c1-13-4-5-16(10-14(13)2)23(29)26-17-11-19(24)21(20(25)12-17)27-22(28)15-6-8-18(9-7-15)32(3,30)31/h4-12H,1-3H3,(H,26,29)(H,27,28). The number of aryl methyl sites for hydroxylation is 2. The highest BCUT2D eigenvalue weighted by Crippen LogP contribution is 2.34. The van der Waals surface area contributed by atoms with E-state index in [0.717, 1.165) is 17.4 Å². The second-order valence-electron chi connectivity index (χ2n) is 7.32. The molecule has 3 rings (SSSR count). The van der Waals surface area contributed by atoms with Crippen LogP contribution in [0.3, 0.4) is 0 Å². The van der Waals surface area contributed by atoms with Crippen molar-refractivity contribution in [3.05, 3.63) is 86.9 Å². The molecule has 0 bridgehead atoms. The highest BCUT2D eigenvalue weighted by molar-refractivity contribution is 7.90. The first-order valence-corrected chi connectivity index (χ1v) is 12.1. The highest BCUT2D eigenvalue weighted by atomic mass is 35.5. The normalized spacial score (nSPS) is 11.2. The van der Waals surface area contributed by atoms with Gasteiger partial charge in [0.05, 0.1) is 20.6 Å². The van der Waals surface area contributed by atoms with E-state index >= 15 is 0 Å². The van der Waals surface area contributed by atoms with Gasteiger partial charge in [0.25, 0.3) is 11.8 Å². The lowest BCUT2D eigenvalue weighted by atomic mass is 10.1. The molecule has 32 heavy (non-hydrogen) atoms. The summed E-state index contributed by atoms with van der Waals surface area (Å²) in [5.74, 6) is -0.830. The topological polar surface area (TPSA) is 92.3 Å². The zero-order chi connectivity index (χ0) is 23.6. The van der Waals surface area contributed by atoms with E-state index in [1.54, 1.807) is 12.1 Å². The molecule has 2 amide bonds. The Kier molecular flexibility index (Phi) is 6.93. The second-order valence-corrected chi connectivity index (χ2v) is 10.1. The number of hydrogen-bond acceptors (Lipinski definition) is 4. The molecule has 3 aromatic rings. The van der Waals surface area contributed by atoms with E-state index < -0.39 is 15.7 Å². The molecule has 0 saturated heterocycles. The van der Waals surface area contributed by atoms with Crippen molar-refractivity contribution in [3.8, 4) is 0 Å². The Morgan fingerprint density at radius 1 is 0.750 bits per heavy atom. The lowest BCUT2D eigenvalue weighted by Gasteiger charge is -2.13. The van der Waals surface area contributed by atoms with E-state index in [1.165, 1.54) is 36.4 Å². The molecule has 166 valence electrons. The molecule has 0 fully saturated rings. The van der Waals surface area contributed by atoms with Crippen LogP contribution in [-0.4, -0.2) is 26.5 Å². The summed E-state index contributed by atoms with van der Waals surface area (Å²) in [5.41, 5.74) is 3.36. The van der Waals surface area contributed by atoms with Gasteiger partial charge in [0.2, 0.25) is 0 Å². The van der Waals surface area contributed by atoms with Crippen LogP contribution in [0.4, 0.5) is 11.4 Å². The van der Waals surface area contributed by atoms with Gasteiger partial charge in [0.15, 0.2) is 9.84 Å². The molecule has 6 nitrogen and oxygen atoms in total. The first-order chi connectivity index (χ1) is 15.0. The maximum atomic E-state index is 12.5. The maximum absolute atomic E-state index is 12.5. The minimum Gasteiger partial charge on any atom is -0.322 e. The van der Waals surface area contributed by atoms with Crippen molar-refractivity contribution >= 4 is 56.2 Å². The number of nitrogens with one attached hydrogen (secondary N) is 2. The van der Waals surface area contributed by atoms with E-state index in [9.17, 15) is 18.0 Å². The summed E-state index contributed by atoms with van der Waals surface area (Å²) < 4.78 is 23.1. The molecule has 0 heterocycles. The number of sulfone groups is 1. The van der Waals surface area contributed by atoms with Crippen LogP contribution in [0.25, 0.3) is 0 Å². The third kappa shape index (κ3) is 5.48. The van der Waals surface area contributed by atoms with Crippen molar-refractivity contribution in [2.24, 2.45) is 0 Å². The number of anilines is 2. The molecule has 0 unspecified atom stereocenters. The monoisotopic (exact) mass is 490 g/mol. The Bertz CT molecular complexity index is 1300. The van der Waals surface area contributed by atoms with Gasteiger partial charge >= 0.3 is 0 Å². The number of hydrogen-bond donors (Lipinski definition) is 2. The van der Waals surface area contributed by atoms with Gasteiger partial charge < -0.3 is 10.6 Å². The van der Waals surface area contributed by atoms with Gasteiger partial charge in [-0.2, -0.15) is 0 Å². The molecule has 0 aliphatic carbocycles. The highest BCUT2D eigenvalue weighted by Gasteiger charge is 2.16. The van der Waals surface area contributed by atoms with Gasteiger partial charge in [0.1, 0.15) is 0 Å². The fraction of sp³-hybridized carbons (Fsp3) is 0.130. The largest absolute Gasteiger partial charge is 0.322 e. The third-order valence-electron chi connectivity index (χ3n) is 4.85. The van der Waals surface area contributed by atoms with E-state index in [-0.39, 0.29) is 32.1 Å². The predicted octanol–water partition coefficient (Wildman–Crippen LogP) is 5.52. The fourth-order valence-electron chi connectivity index (χ4n) is 2.89. The molecule has 0 aliphatic heterocycles. The number of halogens is 2. The minimum absolute atomic E-state index is 0.106. The van der Waals surface area contributed by atoms with Crippen LogP contribution in [0.5, 0.6) is 0 Å². The number of rotatable bonds is 5. The van der Waals surface area contributed by atoms with Gasteiger partial charge in [-0.05, 0) is 73.5 Å². The van der Waals surface area contributed by atoms with Crippen molar-refractivity contribution in [2.45, 2.75) is 18.7 Å². The summed E-state index contributed by atoms with van der Waals surface area (Å²) in [6.45, 7) is 3.88. The van der Waals surface area contributed by atoms with Crippen LogP contribution in [0, 0.1) is 13.8 Å². The van der Waals surface area contributed by atoms with Crippen molar-refractivity contribution in [2.75, 3.05) is 16.9 Å². The molecule has 9 heteroatoms. The molecule has 0 saturated carbocycles. The molecule has 0 aromatic heterocycles. The summed E-state index contributed by atoms with van der Waals surface area (Å²) in [4.78, 5) is 25.2. The van der Waals surface area contributed by atoms with E-state index in [1.807, 2.05) is 19.9 Å². The average molecular weight is 491 g/mol. The molecule has 3 aromatic carbocycles. The third-order valence-corrected chi connectivity index (χ3v) is 6.58. The lowest BCUT2D eigenvalue weighted by molar-refractivity contribution is 0.101. The SMILES string of the molecule is Cc1ccc(C(=O)Nc2cc(Cl)c(NC(=O)c3ccc(S(C)(=O)=O)cc3)c(Cl)c2)cc1C. The van der Waals surface area contributed by atoms with Crippen LogP contribution >= 0.6 is 23.2 Å². The number of benzene rings is 3. The molecule has 0 atom stereocenters. The maximum Gasteiger partial charge on any atom is 0.255 e. The molecule has 0 spiro atoms. The van der Waals surface area contributed by atoms with E-state index in [0.29, 0.717) is 11.3 Å². The Labute approximate surface area is 196 Å². The van der Waals surface area contributed by atoms with Gasteiger partial charge in [0, 0.05) is 23.1 Å². The first kappa shape index (κ1) is 23.8. The first-order valence-electron chi connectivity index (χ1n) is 9.45. The molecular weight excluding hydrogens is 471 g/mol. The van der Waals surface area contributed by atoms with Gasteiger partial charge in [-0.25, -0.2) is 8.42 Å². The Hall–Kier alpha value is -2.87. The van der Waals surface area contributed by atoms with Crippen LogP contribution in [0.2, 0.25) is 10.0 Å². The van der Waals surface area contributed by atoms with Gasteiger partial charge in [-0.3, -0.25) is 9.59 Å². The fourth-order valence-corrected chi connectivity index (χ4v) is 4.10. The second kappa shape index (κ2) is 9.32. The zero-order valence-corrected chi connectivity index (χ0v) is 19.8. The van der Waals surface area contributed by atoms with Crippen molar-refractivity contribution in [1.82, 2.24) is 0 Å². The smallest absolute Gasteiger partial charge is 0.255 e. The van der Waals surface area contributed by atoms with Crippen molar-refractivity contribution in [3.63, 3.8) is 0 Å². The number of amides is 2. The predicted molar refractivity (Wildman–Crippen MR) is 128 cm³/mol. The molecule has 0 aliphatic rings. The molecular formula is C23H20Cl2N2O4S. The zero-order valence-electron chi connectivity index (χ0n) is 17.5. The quantitative estimate of drug-likeness (QED) is 0.492. The number of carbonyl (C=O) groups excluding carboxylic acids is 2. The van der Waals surface area contributed by atoms with Crippen LogP contribution in [-0.2, 0) is 9.84 Å². The van der Waals surface area contributed by atoms with E-state index in [2.05, 4.69) is 10.6 Å². The summed E-state index contributed by atoms with van der Waals surface area (Å²) in [6, 6.07) is 13.8. The molecule has 0 radical (unpaired) electrons. The number of carbonyl (C=O) groups is 2. The van der Waals surface area contributed by atoms with Crippen LogP contribution < -0.4 is 10.6 Å². The van der Waals surface area contributed by atoms with Crippen LogP contribution in [0.15, 0.2) is 59.5 Å². The Morgan fingerprint density at radius 3 is 1.81 bits per heavy atom.